The third-order valence-corrected chi connectivity index (χ3v) is 3.85. The molecule has 0 saturated carbocycles. The molecule has 0 aliphatic carbocycles. The molecule has 1 amide bonds. The molecule has 110 valence electrons. The lowest BCUT2D eigenvalue weighted by molar-refractivity contribution is -0.127. The van der Waals surface area contributed by atoms with Crippen LogP contribution in [0, 0.1) is 0 Å². The Morgan fingerprint density at radius 3 is 1.84 bits per heavy atom. The quantitative estimate of drug-likeness (QED) is 0.423. The first-order chi connectivity index (χ1) is 9.24. The van der Waals surface area contributed by atoms with E-state index in [1.807, 2.05) is 0 Å². The monoisotopic (exact) mass is 267 g/mol. The first-order valence-corrected chi connectivity index (χ1v) is 8.03. The molecule has 0 bridgehead atoms. The van der Waals surface area contributed by atoms with Crippen LogP contribution in [-0.2, 0) is 9.59 Å². The lowest BCUT2D eigenvalue weighted by Crippen LogP contribution is -2.26. The van der Waals surface area contributed by atoms with E-state index in [9.17, 15) is 9.59 Å². The normalized spacial score (nSPS) is 15.5. The van der Waals surface area contributed by atoms with Gasteiger partial charge in [-0.25, -0.2) is 0 Å². The van der Waals surface area contributed by atoms with E-state index in [1.54, 1.807) is 4.90 Å². The van der Waals surface area contributed by atoms with Gasteiger partial charge in [-0.1, -0.05) is 64.7 Å². The van der Waals surface area contributed by atoms with Crippen LogP contribution in [0.4, 0.5) is 0 Å². The van der Waals surface area contributed by atoms with Gasteiger partial charge in [-0.3, -0.25) is 9.59 Å². The Morgan fingerprint density at radius 2 is 1.37 bits per heavy atom. The molecule has 0 unspecified atom stereocenters. The predicted molar refractivity (Wildman–Crippen MR) is 78.0 cm³/mol. The lowest BCUT2D eigenvalue weighted by atomic mass is 10.1. The number of ketones is 1. The molecule has 0 aromatic rings. The van der Waals surface area contributed by atoms with Gasteiger partial charge in [-0.05, 0) is 6.42 Å². The molecule has 1 saturated heterocycles. The van der Waals surface area contributed by atoms with Crippen LogP contribution < -0.4 is 0 Å². The number of hydrogen-bond donors (Lipinski definition) is 0. The van der Waals surface area contributed by atoms with Crippen molar-refractivity contribution < 1.29 is 9.59 Å². The average molecular weight is 267 g/mol. The Kier molecular flexibility index (Phi) is 8.52. The van der Waals surface area contributed by atoms with Gasteiger partial charge in [0.2, 0.25) is 5.91 Å². The minimum absolute atomic E-state index is 0.0286. The highest BCUT2D eigenvalue weighted by Crippen LogP contribution is 2.12. The fourth-order valence-corrected chi connectivity index (χ4v) is 2.63. The Labute approximate surface area is 117 Å². The molecule has 3 heteroatoms. The summed E-state index contributed by atoms with van der Waals surface area (Å²) in [6, 6.07) is 0. The number of rotatable bonds is 11. The second-order valence-corrected chi connectivity index (χ2v) is 5.71. The highest BCUT2D eigenvalue weighted by molar-refractivity contribution is 6.05. The topological polar surface area (TPSA) is 37.4 Å². The van der Waals surface area contributed by atoms with Crippen molar-refractivity contribution in [3.8, 4) is 0 Å². The Bertz CT molecular complexity index is 276. The number of carbonyl (C=O) groups is 2. The summed E-state index contributed by atoms with van der Waals surface area (Å²) >= 11 is 0. The molecule has 1 rings (SSSR count). The maximum atomic E-state index is 11.4. The van der Waals surface area contributed by atoms with Gasteiger partial charge in [0, 0.05) is 6.54 Å². The smallest absolute Gasteiger partial charge is 0.230 e. The van der Waals surface area contributed by atoms with Gasteiger partial charge in [-0.2, -0.15) is 0 Å². The van der Waals surface area contributed by atoms with E-state index in [1.165, 1.54) is 57.8 Å². The Hall–Kier alpha value is -0.860. The molecule has 1 heterocycles. The number of likely N-dealkylation sites (tertiary alicyclic amines) is 1. The molecule has 0 aromatic carbocycles. The molecule has 0 atom stereocenters. The third kappa shape index (κ3) is 7.34. The van der Waals surface area contributed by atoms with E-state index in [2.05, 4.69) is 6.92 Å². The molecule has 0 spiro atoms. The second kappa shape index (κ2) is 9.99. The van der Waals surface area contributed by atoms with E-state index >= 15 is 0 Å². The van der Waals surface area contributed by atoms with Crippen LogP contribution in [0.2, 0.25) is 0 Å². The molecule has 1 fully saturated rings. The zero-order valence-corrected chi connectivity index (χ0v) is 12.5. The maximum absolute atomic E-state index is 11.4. The van der Waals surface area contributed by atoms with Gasteiger partial charge in [0.05, 0.1) is 13.0 Å². The van der Waals surface area contributed by atoms with Gasteiger partial charge in [0.1, 0.15) is 0 Å². The fraction of sp³-hybridized carbons (Fsp3) is 0.875. The summed E-state index contributed by atoms with van der Waals surface area (Å²) in [4.78, 5) is 24.2. The Morgan fingerprint density at radius 1 is 0.842 bits per heavy atom. The molecular weight excluding hydrogens is 238 g/mol. The van der Waals surface area contributed by atoms with Crippen molar-refractivity contribution in [1.29, 1.82) is 0 Å². The van der Waals surface area contributed by atoms with E-state index in [0.717, 1.165) is 13.0 Å². The van der Waals surface area contributed by atoms with Crippen molar-refractivity contribution in [3.05, 3.63) is 0 Å². The van der Waals surface area contributed by atoms with Crippen molar-refractivity contribution in [2.45, 2.75) is 77.6 Å². The van der Waals surface area contributed by atoms with Crippen LogP contribution in [0.1, 0.15) is 77.6 Å². The predicted octanol–water partition coefficient (Wildman–Crippen LogP) is 3.71. The maximum Gasteiger partial charge on any atom is 0.230 e. The highest BCUT2D eigenvalue weighted by Gasteiger charge is 2.26. The molecule has 0 radical (unpaired) electrons. The van der Waals surface area contributed by atoms with E-state index in [4.69, 9.17) is 0 Å². The minimum Gasteiger partial charge on any atom is -0.335 e. The fourth-order valence-electron chi connectivity index (χ4n) is 2.63. The number of unbranched alkanes of at least 4 members (excludes halogenated alkanes) is 9. The van der Waals surface area contributed by atoms with Crippen LogP contribution in [-0.4, -0.2) is 29.7 Å². The van der Waals surface area contributed by atoms with E-state index in [0.29, 0.717) is 6.54 Å². The second-order valence-electron chi connectivity index (χ2n) is 5.71. The zero-order chi connectivity index (χ0) is 13.9. The average Bonchev–Trinajstić information content (AvgIpc) is 2.70. The summed E-state index contributed by atoms with van der Waals surface area (Å²) in [5, 5.41) is 0. The molecule has 1 aliphatic heterocycles. The number of nitrogens with zero attached hydrogens (tertiary/aromatic N) is 1. The molecule has 0 N–H and O–H groups in total. The van der Waals surface area contributed by atoms with Gasteiger partial charge >= 0.3 is 0 Å². The largest absolute Gasteiger partial charge is 0.335 e. The van der Waals surface area contributed by atoms with Crippen LogP contribution in [0.15, 0.2) is 0 Å². The van der Waals surface area contributed by atoms with Gasteiger partial charge in [0.25, 0.3) is 0 Å². The number of amides is 1. The van der Waals surface area contributed by atoms with Gasteiger partial charge in [0.15, 0.2) is 5.78 Å². The summed E-state index contributed by atoms with van der Waals surface area (Å²) in [5.41, 5.74) is 0. The SMILES string of the molecule is CCCCCCCCCCCCN1CC(=O)CC1=O. The van der Waals surface area contributed by atoms with Crippen molar-refractivity contribution in [2.24, 2.45) is 0 Å². The first kappa shape index (κ1) is 16.2. The molecule has 19 heavy (non-hydrogen) atoms. The summed E-state index contributed by atoms with van der Waals surface area (Å²) in [7, 11) is 0. The highest BCUT2D eigenvalue weighted by atomic mass is 16.2. The van der Waals surface area contributed by atoms with Crippen LogP contribution in [0.5, 0.6) is 0 Å². The van der Waals surface area contributed by atoms with Crippen LogP contribution in [0.3, 0.4) is 0 Å². The minimum atomic E-state index is 0.0286. The summed E-state index contributed by atoms with van der Waals surface area (Å²) < 4.78 is 0. The van der Waals surface area contributed by atoms with Crippen molar-refractivity contribution in [3.63, 3.8) is 0 Å². The van der Waals surface area contributed by atoms with Crippen molar-refractivity contribution in [2.75, 3.05) is 13.1 Å². The number of hydrogen-bond acceptors (Lipinski definition) is 2. The standard InChI is InChI=1S/C16H29NO2/c1-2-3-4-5-6-7-8-9-10-11-12-17-14-15(18)13-16(17)19/h2-14H2,1H3. The van der Waals surface area contributed by atoms with Crippen molar-refractivity contribution >= 4 is 11.7 Å². The van der Waals surface area contributed by atoms with Gasteiger partial charge in [-0.15, -0.1) is 0 Å². The van der Waals surface area contributed by atoms with Crippen LogP contribution in [0.25, 0.3) is 0 Å². The summed E-state index contributed by atoms with van der Waals surface area (Å²) in [6.45, 7) is 3.38. The van der Waals surface area contributed by atoms with Crippen molar-refractivity contribution in [1.82, 2.24) is 4.90 Å². The van der Waals surface area contributed by atoms with Gasteiger partial charge < -0.3 is 4.90 Å². The van der Waals surface area contributed by atoms with E-state index < -0.39 is 0 Å². The zero-order valence-electron chi connectivity index (χ0n) is 12.5. The van der Waals surface area contributed by atoms with E-state index in [-0.39, 0.29) is 18.1 Å². The first-order valence-electron chi connectivity index (χ1n) is 8.03. The Balaban J connectivity index is 1.84. The molecule has 3 nitrogen and oxygen atoms in total. The lowest BCUT2D eigenvalue weighted by Gasteiger charge is -2.13. The molecule has 0 aromatic heterocycles. The summed E-state index contributed by atoms with van der Waals surface area (Å²) in [5.74, 6) is 0.109. The molecule has 1 aliphatic rings. The number of Topliss-reactive ketones (excluding diaryl/α,β-unsaturated/α-hetero) is 1. The number of carbonyl (C=O) groups excluding carboxylic acids is 2. The van der Waals surface area contributed by atoms with Crippen LogP contribution >= 0.6 is 0 Å². The summed E-state index contributed by atoms with van der Waals surface area (Å²) in [6.07, 6.45) is 13.2. The third-order valence-electron chi connectivity index (χ3n) is 3.85. The molecular formula is C16H29NO2.